The summed E-state index contributed by atoms with van der Waals surface area (Å²) < 4.78 is 5.10. The first-order chi connectivity index (χ1) is 12.3. The largest absolute Gasteiger partial charge is 0.462 e. The smallest absolute Gasteiger partial charge is 0.338 e. The first-order valence-electron chi connectivity index (χ1n) is 8.74. The Morgan fingerprint density at radius 1 is 1.19 bits per heavy atom. The molecule has 0 saturated heterocycles. The molecule has 0 aromatic heterocycles. The number of ether oxygens (including phenoxy) is 1. The number of carbonyl (C=O) groups is 1. The zero-order valence-corrected chi connectivity index (χ0v) is 16.8. The molecule has 0 amide bonds. The quantitative estimate of drug-likeness (QED) is 0.583. The highest BCUT2D eigenvalue weighted by Crippen LogP contribution is 2.22. The van der Waals surface area contributed by atoms with E-state index in [0.29, 0.717) is 17.3 Å². The summed E-state index contributed by atoms with van der Waals surface area (Å²) in [6.07, 6.45) is 0. The van der Waals surface area contributed by atoms with Crippen LogP contribution in [0.2, 0.25) is 0 Å². The molecular formula is C21H26N2O2S. The number of nitrogens with one attached hydrogen (secondary N) is 2. The fourth-order valence-corrected chi connectivity index (χ4v) is 3.15. The minimum atomic E-state index is -0.323. The number of esters is 1. The minimum absolute atomic E-state index is 0.0726. The Morgan fingerprint density at radius 2 is 1.92 bits per heavy atom. The Kier molecular flexibility index (Phi) is 6.75. The minimum Gasteiger partial charge on any atom is -0.462 e. The van der Waals surface area contributed by atoms with Gasteiger partial charge in [-0.2, -0.15) is 0 Å². The van der Waals surface area contributed by atoms with E-state index in [4.69, 9.17) is 17.0 Å². The molecule has 26 heavy (non-hydrogen) atoms. The van der Waals surface area contributed by atoms with Gasteiger partial charge in [-0.15, -0.1) is 0 Å². The van der Waals surface area contributed by atoms with Crippen molar-refractivity contribution in [3.8, 4) is 0 Å². The van der Waals surface area contributed by atoms with Crippen molar-refractivity contribution in [3.63, 3.8) is 0 Å². The highest BCUT2D eigenvalue weighted by atomic mass is 32.1. The molecule has 2 aromatic rings. The Bertz CT molecular complexity index is 818. The van der Waals surface area contributed by atoms with Crippen molar-refractivity contribution in [2.75, 3.05) is 11.9 Å². The summed E-state index contributed by atoms with van der Waals surface area (Å²) in [5.74, 6) is -0.323. The second kappa shape index (κ2) is 8.81. The van der Waals surface area contributed by atoms with Crippen molar-refractivity contribution in [3.05, 3.63) is 64.2 Å². The molecule has 2 aromatic carbocycles. The highest BCUT2D eigenvalue weighted by molar-refractivity contribution is 7.80. The first-order valence-corrected chi connectivity index (χ1v) is 9.15. The molecule has 5 heteroatoms. The summed E-state index contributed by atoms with van der Waals surface area (Å²) in [6, 6.07) is 11.9. The predicted molar refractivity (Wildman–Crippen MR) is 111 cm³/mol. The van der Waals surface area contributed by atoms with Gasteiger partial charge in [0, 0.05) is 5.69 Å². The molecule has 0 unspecified atom stereocenters. The number of benzene rings is 2. The Labute approximate surface area is 161 Å². The van der Waals surface area contributed by atoms with Gasteiger partial charge in [-0.05, 0) is 75.7 Å². The number of hydrogen-bond acceptors (Lipinski definition) is 3. The van der Waals surface area contributed by atoms with Crippen molar-refractivity contribution in [1.82, 2.24) is 5.32 Å². The molecule has 4 nitrogen and oxygen atoms in total. The molecule has 0 aliphatic heterocycles. The summed E-state index contributed by atoms with van der Waals surface area (Å²) in [6.45, 7) is 10.3. The van der Waals surface area contributed by atoms with E-state index in [9.17, 15) is 4.79 Å². The normalized spacial score (nSPS) is 11.6. The highest BCUT2D eigenvalue weighted by Gasteiger charge is 2.14. The van der Waals surface area contributed by atoms with Crippen molar-refractivity contribution >= 4 is 29.0 Å². The lowest BCUT2D eigenvalue weighted by molar-refractivity contribution is 0.0525. The molecule has 1 atom stereocenters. The van der Waals surface area contributed by atoms with Gasteiger partial charge >= 0.3 is 5.97 Å². The van der Waals surface area contributed by atoms with E-state index in [1.807, 2.05) is 19.1 Å². The predicted octanol–water partition coefficient (Wildman–Crippen LogP) is 4.84. The molecule has 0 spiro atoms. The number of thiocarbonyl (C=S) groups is 1. The van der Waals surface area contributed by atoms with Crippen molar-refractivity contribution < 1.29 is 9.53 Å². The second-order valence-corrected chi connectivity index (χ2v) is 6.79. The Balaban J connectivity index is 2.11. The summed E-state index contributed by atoms with van der Waals surface area (Å²) in [7, 11) is 0. The first kappa shape index (κ1) is 19.9. The van der Waals surface area contributed by atoms with E-state index in [-0.39, 0.29) is 12.0 Å². The third-order valence-corrected chi connectivity index (χ3v) is 4.55. The van der Waals surface area contributed by atoms with Gasteiger partial charge in [0.05, 0.1) is 18.2 Å². The number of aryl methyl sites for hydroxylation is 2. The third kappa shape index (κ3) is 4.82. The van der Waals surface area contributed by atoms with Crippen LogP contribution in [-0.4, -0.2) is 17.7 Å². The van der Waals surface area contributed by atoms with E-state index >= 15 is 0 Å². The van der Waals surface area contributed by atoms with Gasteiger partial charge in [-0.3, -0.25) is 0 Å². The Morgan fingerprint density at radius 3 is 2.62 bits per heavy atom. The van der Waals surface area contributed by atoms with E-state index < -0.39 is 0 Å². The van der Waals surface area contributed by atoms with Gasteiger partial charge in [0.15, 0.2) is 5.11 Å². The van der Waals surface area contributed by atoms with Crippen LogP contribution >= 0.6 is 12.2 Å². The summed E-state index contributed by atoms with van der Waals surface area (Å²) >= 11 is 5.47. The number of anilines is 1. The zero-order chi connectivity index (χ0) is 19.3. The molecule has 0 radical (unpaired) electrons. The molecule has 0 heterocycles. The maximum absolute atomic E-state index is 12.0. The molecule has 0 aliphatic rings. The van der Waals surface area contributed by atoms with Crippen LogP contribution in [-0.2, 0) is 4.74 Å². The van der Waals surface area contributed by atoms with E-state index in [1.54, 1.807) is 13.0 Å². The van der Waals surface area contributed by atoms with E-state index in [0.717, 1.165) is 11.3 Å². The lowest BCUT2D eigenvalue weighted by atomic mass is 10.0. The van der Waals surface area contributed by atoms with Crippen LogP contribution in [0.5, 0.6) is 0 Å². The maximum Gasteiger partial charge on any atom is 0.338 e. The lowest BCUT2D eigenvalue weighted by Gasteiger charge is -2.20. The molecule has 138 valence electrons. The number of hydrogen-bond donors (Lipinski definition) is 2. The molecule has 0 bridgehead atoms. The monoisotopic (exact) mass is 370 g/mol. The van der Waals surface area contributed by atoms with Gasteiger partial charge < -0.3 is 15.4 Å². The lowest BCUT2D eigenvalue weighted by Crippen LogP contribution is -2.31. The van der Waals surface area contributed by atoms with Gasteiger partial charge in [0.25, 0.3) is 0 Å². The summed E-state index contributed by atoms with van der Waals surface area (Å²) in [5, 5.41) is 7.03. The molecule has 0 aliphatic carbocycles. The maximum atomic E-state index is 12.0. The van der Waals surface area contributed by atoms with E-state index in [2.05, 4.69) is 49.6 Å². The van der Waals surface area contributed by atoms with Crippen LogP contribution in [0.15, 0.2) is 36.4 Å². The fourth-order valence-electron chi connectivity index (χ4n) is 2.86. The topological polar surface area (TPSA) is 50.4 Å². The molecule has 2 N–H and O–H groups in total. The Hall–Kier alpha value is -2.40. The van der Waals surface area contributed by atoms with Crippen LogP contribution < -0.4 is 10.6 Å². The van der Waals surface area contributed by atoms with Crippen LogP contribution in [0.3, 0.4) is 0 Å². The van der Waals surface area contributed by atoms with Gasteiger partial charge in [0.1, 0.15) is 0 Å². The zero-order valence-electron chi connectivity index (χ0n) is 16.0. The fraction of sp³-hybridized carbons (Fsp3) is 0.333. The molecule has 0 fully saturated rings. The standard InChI is InChI=1S/C21H26N2O2S/c1-6-25-20(24)17-8-7-9-19(15(17)4)23-21(26)22-16(5)18-12-13(2)10-11-14(18)3/h7-12,16H,6H2,1-5H3,(H2,22,23,26)/t16-/m1/s1. The van der Waals surface area contributed by atoms with Gasteiger partial charge in [-0.1, -0.05) is 29.8 Å². The number of rotatable bonds is 5. The number of carbonyl (C=O) groups excluding carboxylic acids is 1. The molecule has 2 rings (SSSR count). The van der Waals surface area contributed by atoms with Crippen LogP contribution in [0.1, 0.15) is 52.5 Å². The van der Waals surface area contributed by atoms with Gasteiger partial charge in [-0.25, -0.2) is 4.79 Å². The second-order valence-electron chi connectivity index (χ2n) is 6.38. The summed E-state index contributed by atoms with van der Waals surface area (Å²) in [5.41, 5.74) is 5.80. The average Bonchev–Trinajstić information content (AvgIpc) is 2.59. The van der Waals surface area contributed by atoms with Crippen LogP contribution in [0.25, 0.3) is 0 Å². The van der Waals surface area contributed by atoms with Crippen LogP contribution in [0.4, 0.5) is 5.69 Å². The third-order valence-electron chi connectivity index (χ3n) is 4.33. The van der Waals surface area contributed by atoms with Crippen molar-refractivity contribution in [2.24, 2.45) is 0 Å². The van der Waals surface area contributed by atoms with Gasteiger partial charge in [0.2, 0.25) is 0 Å². The average molecular weight is 371 g/mol. The molecular weight excluding hydrogens is 344 g/mol. The summed E-state index contributed by atoms with van der Waals surface area (Å²) in [4.78, 5) is 12.0. The van der Waals surface area contributed by atoms with Crippen molar-refractivity contribution in [2.45, 2.75) is 40.7 Å². The SMILES string of the molecule is CCOC(=O)c1cccc(NC(=S)N[C@H](C)c2cc(C)ccc2C)c1C. The molecule has 0 saturated carbocycles. The van der Waals surface area contributed by atoms with E-state index in [1.165, 1.54) is 16.7 Å². The van der Waals surface area contributed by atoms with Crippen molar-refractivity contribution in [1.29, 1.82) is 0 Å². The van der Waals surface area contributed by atoms with Crippen LogP contribution in [0, 0.1) is 20.8 Å².